The molecule has 4 heteroatoms. The molecule has 1 N–H and O–H groups in total. The summed E-state index contributed by atoms with van der Waals surface area (Å²) in [5.41, 5.74) is 1.01. The maximum atomic E-state index is 12.8. The third-order valence-electron chi connectivity index (χ3n) is 2.33. The molecular formula is C10H9FINO. The molecule has 0 spiro atoms. The molecule has 1 fully saturated rings. The van der Waals surface area contributed by atoms with E-state index in [2.05, 4.69) is 27.9 Å². The summed E-state index contributed by atoms with van der Waals surface area (Å²) in [6.45, 7) is 0. The number of hydrogen-bond donors (Lipinski definition) is 1. The molecule has 74 valence electrons. The number of carbonyl (C=O) groups excluding carboxylic acids is 1. The van der Waals surface area contributed by atoms with E-state index in [9.17, 15) is 9.18 Å². The van der Waals surface area contributed by atoms with Crippen LogP contribution in [0, 0.1) is 9.39 Å². The molecule has 0 bridgehead atoms. The standard InChI is InChI=1S/C10H9FINO/c11-6-1-2-7(8(12)5-6)9-3-4-10(14)13-9/h1-2,5,9H,3-4H2,(H,13,14)/t9-/m1/s1. The van der Waals surface area contributed by atoms with Crippen molar-refractivity contribution in [1.29, 1.82) is 0 Å². The van der Waals surface area contributed by atoms with Crippen LogP contribution in [0.3, 0.4) is 0 Å². The summed E-state index contributed by atoms with van der Waals surface area (Å²) in [4.78, 5) is 11.0. The fourth-order valence-corrected chi connectivity index (χ4v) is 2.48. The Morgan fingerprint density at radius 3 is 2.86 bits per heavy atom. The summed E-state index contributed by atoms with van der Waals surface area (Å²) in [5.74, 6) is -0.155. The molecule has 1 atom stereocenters. The van der Waals surface area contributed by atoms with E-state index < -0.39 is 0 Å². The van der Waals surface area contributed by atoms with Gasteiger partial charge in [0.25, 0.3) is 0 Å². The van der Waals surface area contributed by atoms with E-state index in [1.807, 2.05) is 0 Å². The first-order valence-electron chi connectivity index (χ1n) is 4.41. The zero-order chi connectivity index (χ0) is 10.1. The highest BCUT2D eigenvalue weighted by molar-refractivity contribution is 14.1. The van der Waals surface area contributed by atoms with E-state index in [-0.39, 0.29) is 17.8 Å². The monoisotopic (exact) mass is 305 g/mol. The first-order chi connectivity index (χ1) is 6.66. The number of nitrogens with one attached hydrogen (secondary N) is 1. The lowest BCUT2D eigenvalue weighted by atomic mass is 10.1. The van der Waals surface area contributed by atoms with Gasteiger partial charge in [-0.05, 0) is 46.7 Å². The van der Waals surface area contributed by atoms with Crippen LogP contribution in [0.5, 0.6) is 0 Å². The van der Waals surface area contributed by atoms with Crippen LogP contribution in [-0.2, 0) is 4.79 Å². The molecule has 0 saturated carbocycles. The van der Waals surface area contributed by atoms with Gasteiger partial charge in [-0.15, -0.1) is 0 Å². The van der Waals surface area contributed by atoms with Crippen molar-refractivity contribution in [2.24, 2.45) is 0 Å². The van der Waals surface area contributed by atoms with E-state index in [1.165, 1.54) is 12.1 Å². The van der Waals surface area contributed by atoms with Crippen LogP contribution in [0.1, 0.15) is 24.4 Å². The maximum absolute atomic E-state index is 12.8. The van der Waals surface area contributed by atoms with Gasteiger partial charge in [0.15, 0.2) is 0 Å². The maximum Gasteiger partial charge on any atom is 0.220 e. The molecule has 1 aromatic rings. The molecule has 14 heavy (non-hydrogen) atoms. The predicted molar refractivity (Wildman–Crippen MR) is 59.2 cm³/mol. The van der Waals surface area contributed by atoms with E-state index in [1.54, 1.807) is 6.07 Å². The highest BCUT2D eigenvalue weighted by Gasteiger charge is 2.23. The SMILES string of the molecule is O=C1CC[C@H](c2ccc(F)cc2I)N1. The Morgan fingerprint density at radius 1 is 1.50 bits per heavy atom. The normalized spacial score (nSPS) is 21.0. The number of hydrogen-bond acceptors (Lipinski definition) is 1. The molecule has 0 unspecified atom stereocenters. The van der Waals surface area contributed by atoms with Crippen LogP contribution >= 0.6 is 22.6 Å². The second kappa shape index (κ2) is 3.84. The van der Waals surface area contributed by atoms with Gasteiger partial charge in [0.1, 0.15) is 5.82 Å². The Kier molecular flexibility index (Phi) is 2.71. The summed E-state index contributed by atoms with van der Waals surface area (Å²) in [7, 11) is 0. The largest absolute Gasteiger partial charge is 0.349 e. The van der Waals surface area contributed by atoms with Crippen molar-refractivity contribution in [3.63, 3.8) is 0 Å². The van der Waals surface area contributed by atoms with Gasteiger partial charge < -0.3 is 5.32 Å². The minimum Gasteiger partial charge on any atom is -0.349 e. The van der Waals surface area contributed by atoms with Gasteiger partial charge in [0.05, 0.1) is 6.04 Å². The van der Waals surface area contributed by atoms with E-state index in [4.69, 9.17) is 0 Å². The highest BCUT2D eigenvalue weighted by atomic mass is 127. The van der Waals surface area contributed by atoms with Crippen LogP contribution in [0.25, 0.3) is 0 Å². The minimum atomic E-state index is -0.234. The van der Waals surface area contributed by atoms with Crippen LogP contribution in [0.4, 0.5) is 4.39 Å². The van der Waals surface area contributed by atoms with Crippen LogP contribution < -0.4 is 5.32 Å². The fraction of sp³-hybridized carbons (Fsp3) is 0.300. The molecule has 1 aromatic carbocycles. The molecular weight excluding hydrogens is 296 g/mol. The van der Waals surface area contributed by atoms with Crippen molar-refractivity contribution < 1.29 is 9.18 Å². The number of benzene rings is 1. The molecule has 0 aliphatic carbocycles. The second-order valence-corrected chi connectivity index (χ2v) is 4.49. The molecule has 1 saturated heterocycles. The molecule has 2 rings (SSSR count). The Hall–Kier alpha value is -0.650. The number of rotatable bonds is 1. The third-order valence-corrected chi connectivity index (χ3v) is 3.27. The van der Waals surface area contributed by atoms with Gasteiger partial charge >= 0.3 is 0 Å². The average molecular weight is 305 g/mol. The van der Waals surface area contributed by atoms with Crippen molar-refractivity contribution >= 4 is 28.5 Å². The van der Waals surface area contributed by atoms with Crippen molar-refractivity contribution in [3.8, 4) is 0 Å². The number of amides is 1. The quantitative estimate of drug-likeness (QED) is 0.793. The van der Waals surface area contributed by atoms with Gasteiger partial charge in [0.2, 0.25) is 5.91 Å². The Bertz CT molecular complexity index is 380. The summed E-state index contributed by atoms with van der Waals surface area (Å²) < 4.78 is 13.7. The highest BCUT2D eigenvalue weighted by Crippen LogP contribution is 2.27. The van der Waals surface area contributed by atoms with E-state index in [0.29, 0.717) is 6.42 Å². The van der Waals surface area contributed by atoms with Crippen molar-refractivity contribution in [3.05, 3.63) is 33.1 Å². The van der Waals surface area contributed by atoms with Crippen LogP contribution in [0.2, 0.25) is 0 Å². The van der Waals surface area contributed by atoms with E-state index >= 15 is 0 Å². The Balaban J connectivity index is 2.28. The summed E-state index contributed by atoms with van der Waals surface area (Å²) in [6.07, 6.45) is 1.37. The van der Waals surface area contributed by atoms with Crippen molar-refractivity contribution in [2.75, 3.05) is 0 Å². The molecule has 0 radical (unpaired) electrons. The molecule has 1 aliphatic rings. The fourth-order valence-electron chi connectivity index (χ4n) is 1.63. The van der Waals surface area contributed by atoms with Gasteiger partial charge in [-0.1, -0.05) is 6.07 Å². The first kappa shape index (κ1) is 9.89. The van der Waals surface area contributed by atoms with Gasteiger partial charge in [0, 0.05) is 9.99 Å². The number of carbonyl (C=O) groups is 1. The summed E-state index contributed by atoms with van der Waals surface area (Å²) >= 11 is 2.09. The molecule has 1 heterocycles. The van der Waals surface area contributed by atoms with Crippen LogP contribution in [-0.4, -0.2) is 5.91 Å². The van der Waals surface area contributed by atoms with Crippen LogP contribution in [0.15, 0.2) is 18.2 Å². The van der Waals surface area contributed by atoms with Crippen molar-refractivity contribution in [1.82, 2.24) is 5.32 Å². The Morgan fingerprint density at radius 2 is 2.29 bits per heavy atom. The zero-order valence-corrected chi connectivity index (χ0v) is 9.55. The van der Waals surface area contributed by atoms with Gasteiger partial charge in [-0.25, -0.2) is 4.39 Å². The number of halogens is 2. The third kappa shape index (κ3) is 1.89. The summed E-state index contributed by atoms with van der Waals surface area (Å²) in [6, 6.07) is 4.73. The van der Waals surface area contributed by atoms with E-state index in [0.717, 1.165) is 15.6 Å². The molecule has 0 aromatic heterocycles. The van der Waals surface area contributed by atoms with Gasteiger partial charge in [-0.3, -0.25) is 4.79 Å². The minimum absolute atomic E-state index is 0.0648. The lowest BCUT2D eigenvalue weighted by molar-refractivity contribution is -0.119. The molecule has 1 aliphatic heterocycles. The van der Waals surface area contributed by atoms with Gasteiger partial charge in [-0.2, -0.15) is 0 Å². The zero-order valence-electron chi connectivity index (χ0n) is 7.39. The average Bonchev–Trinajstić information content (AvgIpc) is 2.51. The topological polar surface area (TPSA) is 29.1 Å². The smallest absolute Gasteiger partial charge is 0.220 e. The first-order valence-corrected chi connectivity index (χ1v) is 5.49. The van der Waals surface area contributed by atoms with Crippen molar-refractivity contribution in [2.45, 2.75) is 18.9 Å². The predicted octanol–water partition coefficient (Wildman–Crippen LogP) is 2.38. The molecule has 1 amide bonds. The second-order valence-electron chi connectivity index (χ2n) is 3.32. The molecule has 2 nitrogen and oxygen atoms in total. The lowest BCUT2D eigenvalue weighted by Crippen LogP contribution is -2.19. The lowest BCUT2D eigenvalue weighted by Gasteiger charge is -2.12. The summed E-state index contributed by atoms with van der Waals surface area (Å²) in [5, 5.41) is 2.86. The Labute approximate surface area is 95.0 Å².